The molecule has 0 N–H and O–H groups in total. The van der Waals surface area contributed by atoms with Crippen LogP contribution in [0.5, 0.6) is 0 Å². The maximum absolute atomic E-state index is 11.5. The Bertz CT molecular complexity index is 417. The highest BCUT2D eigenvalue weighted by Crippen LogP contribution is 2.30. The summed E-state index contributed by atoms with van der Waals surface area (Å²) in [5.41, 5.74) is 0.435. The molecule has 2 rings (SSSR count). The molecule has 1 aliphatic rings. The molecule has 0 radical (unpaired) electrons. The lowest BCUT2D eigenvalue weighted by Crippen LogP contribution is -2.21. The SMILES string of the molecule is CCOC(=O)c1csc(N2CCC(C(C)C)C2)n1. The Kier molecular flexibility index (Phi) is 4.22. The molecule has 4 nitrogen and oxygen atoms in total. The summed E-state index contributed by atoms with van der Waals surface area (Å²) in [4.78, 5) is 18.2. The summed E-state index contributed by atoms with van der Waals surface area (Å²) in [5, 5.41) is 2.73. The molecule has 1 saturated heterocycles. The quantitative estimate of drug-likeness (QED) is 0.788. The van der Waals surface area contributed by atoms with E-state index in [-0.39, 0.29) is 5.97 Å². The lowest BCUT2D eigenvalue weighted by molar-refractivity contribution is 0.0520. The molecule has 18 heavy (non-hydrogen) atoms. The van der Waals surface area contributed by atoms with Crippen molar-refractivity contribution in [2.75, 3.05) is 24.6 Å². The fraction of sp³-hybridized carbons (Fsp3) is 0.692. The van der Waals surface area contributed by atoms with Crippen LogP contribution in [-0.4, -0.2) is 30.6 Å². The number of esters is 1. The molecule has 5 heteroatoms. The summed E-state index contributed by atoms with van der Waals surface area (Å²) in [6.07, 6.45) is 1.21. The Morgan fingerprint density at radius 1 is 1.67 bits per heavy atom. The largest absolute Gasteiger partial charge is 0.461 e. The van der Waals surface area contributed by atoms with E-state index in [2.05, 4.69) is 23.7 Å². The van der Waals surface area contributed by atoms with Crippen LogP contribution >= 0.6 is 11.3 Å². The smallest absolute Gasteiger partial charge is 0.357 e. The van der Waals surface area contributed by atoms with Gasteiger partial charge in [-0.3, -0.25) is 0 Å². The van der Waals surface area contributed by atoms with Gasteiger partial charge < -0.3 is 9.64 Å². The van der Waals surface area contributed by atoms with Crippen molar-refractivity contribution in [1.29, 1.82) is 0 Å². The van der Waals surface area contributed by atoms with Crippen LogP contribution in [0.25, 0.3) is 0 Å². The first-order valence-electron chi connectivity index (χ1n) is 6.49. The third-order valence-corrected chi connectivity index (χ3v) is 4.32. The predicted octanol–water partition coefficient (Wildman–Crippen LogP) is 2.80. The van der Waals surface area contributed by atoms with Gasteiger partial charge >= 0.3 is 5.97 Å². The van der Waals surface area contributed by atoms with E-state index in [0.29, 0.717) is 18.2 Å². The van der Waals surface area contributed by atoms with Gasteiger partial charge in [0, 0.05) is 18.5 Å². The van der Waals surface area contributed by atoms with Gasteiger partial charge in [-0.25, -0.2) is 9.78 Å². The van der Waals surface area contributed by atoms with E-state index in [1.807, 2.05) is 0 Å². The second-order valence-electron chi connectivity index (χ2n) is 4.97. The Balaban J connectivity index is 2.01. The maximum Gasteiger partial charge on any atom is 0.357 e. The van der Waals surface area contributed by atoms with E-state index in [4.69, 9.17) is 4.74 Å². The third-order valence-electron chi connectivity index (χ3n) is 3.41. The number of rotatable bonds is 4. The molecule has 100 valence electrons. The van der Waals surface area contributed by atoms with Crippen molar-refractivity contribution in [2.24, 2.45) is 11.8 Å². The average molecular weight is 268 g/mol. The predicted molar refractivity (Wildman–Crippen MR) is 73.2 cm³/mol. The highest BCUT2D eigenvalue weighted by atomic mass is 32.1. The topological polar surface area (TPSA) is 42.4 Å². The van der Waals surface area contributed by atoms with Crippen molar-refractivity contribution < 1.29 is 9.53 Å². The monoisotopic (exact) mass is 268 g/mol. The van der Waals surface area contributed by atoms with Crippen molar-refractivity contribution >= 4 is 22.4 Å². The summed E-state index contributed by atoms with van der Waals surface area (Å²) < 4.78 is 4.95. The second-order valence-corrected chi connectivity index (χ2v) is 5.81. The van der Waals surface area contributed by atoms with Gasteiger partial charge in [0.25, 0.3) is 0 Å². The van der Waals surface area contributed by atoms with Crippen LogP contribution in [0.3, 0.4) is 0 Å². The van der Waals surface area contributed by atoms with Gasteiger partial charge in [-0.1, -0.05) is 13.8 Å². The maximum atomic E-state index is 11.5. The standard InChI is InChI=1S/C13H20N2O2S/c1-4-17-12(16)11-8-18-13(14-11)15-6-5-10(7-15)9(2)3/h8-10H,4-7H2,1-3H3. The normalized spacial score (nSPS) is 19.6. The highest BCUT2D eigenvalue weighted by Gasteiger charge is 2.27. The van der Waals surface area contributed by atoms with E-state index in [1.54, 1.807) is 12.3 Å². The second kappa shape index (κ2) is 5.69. The van der Waals surface area contributed by atoms with Gasteiger partial charge in [0.15, 0.2) is 10.8 Å². The molecular formula is C13H20N2O2S. The Morgan fingerprint density at radius 3 is 3.06 bits per heavy atom. The molecule has 1 fully saturated rings. The minimum atomic E-state index is -0.320. The summed E-state index contributed by atoms with van der Waals surface area (Å²) in [6.45, 7) is 8.82. The van der Waals surface area contributed by atoms with Crippen LogP contribution in [0, 0.1) is 11.8 Å². The van der Waals surface area contributed by atoms with E-state index < -0.39 is 0 Å². The fourth-order valence-electron chi connectivity index (χ4n) is 2.21. The zero-order chi connectivity index (χ0) is 13.1. The lowest BCUT2D eigenvalue weighted by atomic mass is 9.95. The molecule has 2 heterocycles. The van der Waals surface area contributed by atoms with E-state index in [1.165, 1.54) is 17.8 Å². The third kappa shape index (κ3) is 2.83. The number of aromatic nitrogens is 1. The molecule has 0 saturated carbocycles. The van der Waals surface area contributed by atoms with Crippen molar-refractivity contribution in [2.45, 2.75) is 27.2 Å². The van der Waals surface area contributed by atoms with Crippen molar-refractivity contribution in [3.05, 3.63) is 11.1 Å². The van der Waals surface area contributed by atoms with Crippen molar-refractivity contribution in [3.63, 3.8) is 0 Å². The minimum Gasteiger partial charge on any atom is -0.461 e. The number of nitrogens with zero attached hydrogens (tertiary/aromatic N) is 2. The summed E-state index contributed by atoms with van der Waals surface area (Å²) in [7, 11) is 0. The van der Waals surface area contributed by atoms with Crippen LogP contribution in [0.15, 0.2) is 5.38 Å². The molecule has 0 spiro atoms. The van der Waals surface area contributed by atoms with Crippen LogP contribution in [0.1, 0.15) is 37.7 Å². The number of carbonyl (C=O) groups is 1. The number of thiazole rings is 1. The number of ether oxygens (including phenoxy) is 1. The molecule has 1 aromatic heterocycles. The van der Waals surface area contributed by atoms with Crippen LogP contribution in [-0.2, 0) is 4.74 Å². The Hall–Kier alpha value is -1.10. The first-order chi connectivity index (χ1) is 8.61. The van der Waals surface area contributed by atoms with Crippen LogP contribution in [0.4, 0.5) is 5.13 Å². The van der Waals surface area contributed by atoms with E-state index >= 15 is 0 Å². The number of hydrogen-bond acceptors (Lipinski definition) is 5. The summed E-state index contributed by atoms with van der Waals surface area (Å²) in [6, 6.07) is 0. The van der Waals surface area contributed by atoms with Crippen molar-refractivity contribution in [3.8, 4) is 0 Å². The Labute approximate surface area is 112 Å². The Morgan fingerprint density at radius 2 is 2.44 bits per heavy atom. The molecule has 0 aliphatic carbocycles. The van der Waals surface area contributed by atoms with Gasteiger partial charge in [-0.2, -0.15) is 0 Å². The van der Waals surface area contributed by atoms with Gasteiger partial charge in [0.1, 0.15) is 0 Å². The molecule has 0 aromatic carbocycles. The molecule has 0 bridgehead atoms. The number of anilines is 1. The molecule has 1 aromatic rings. The lowest BCUT2D eigenvalue weighted by Gasteiger charge is -2.16. The minimum absolute atomic E-state index is 0.320. The molecule has 0 amide bonds. The zero-order valence-corrected chi connectivity index (χ0v) is 12.0. The van der Waals surface area contributed by atoms with Gasteiger partial charge in [-0.15, -0.1) is 11.3 Å². The molecule has 1 unspecified atom stereocenters. The molecule has 1 atom stereocenters. The number of carbonyl (C=O) groups excluding carboxylic acids is 1. The van der Waals surface area contributed by atoms with Crippen LogP contribution in [0.2, 0.25) is 0 Å². The van der Waals surface area contributed by atoms with E-state index in [0.717, 1.165) is 24.1 Å². The summed E-state index contributed by atoms with van der Waals surface area (Å²) in [5.74, 6) is 1.12. The molecular weight excluding hydrogens is 248 g/mol. The number of hydrogen-bond donors (Lipinski definition) is 0. The molecule has 1 aliphatic heterocycles. The van der Waals surface area contributed by atoms with Gasteiger partial charge in [0.2, 0.25) is 0 Å². The van der Waals surface area contributed by atoms with Gasteiger partial charge in [0.05, 0.1) is 6.61 Å². The van der Waals surface area contributed by atoms with Crippen molar-refractivity contribution in [1.82, 2.24) is 4.98 Å². The van der Waals surface area contributed by atoms with Gasteiger partial charge in [-0.05, 0) is 25.2 Å². The average Bonchev–Trinajstić information content (AvgIpc) is 2.98. The zero-order valence-electron chi connectivity index (χ0n) is 11.2. The highest BCUT2D eigenvalue weighted by molar-refractivity contribution is 7.13. The first kappa shape index (κ1) is 13.3. The van der Waals surface area contributed by atoms with Crippen LogP contribution < -0.4 is 4.90 Å². The fourth-order valence-corrected chi connectivity index (χ4v) is 3.05. The summed E-state index contributed by atoms with van der Waals surface area (Å²) >= 11 is 1.53. The van der Waals surface area contributed by atoms with E-state index in [9.17, 15) is 4.79 Å². The first-order valence-corrected chi connectivity index (χ1v) is 7.37.